The largest absolute Gasteiger partial charge is 0.448 e. The highest BCUT2D eigenvalue weighted by Crippen LogP contribution is 2.17. The van der Waals surface area contributed by atoms with Crippen molar-refractivity contribution in [2.24, 2.45) is 0 Å². The molecular weight excluding hydrogens is 330 g/mol. The second-order valence-electron chi connectivity index (χ2n) is 5.13. The molecule has 0 bridgehead atoms. The van der Waals surface area contributed by atoms with Gasteiger partial charge in [-0.15, -0.1) is 11.3 Å². The molecule has 2 amide bonds. The van der Waals surface area contributed by atoms with E-state index < -0.39 is 18.0 Å². The highest BCUT2D eigenvalue weighted by atomic mass is 32.1. The Morgan fingerprint density at radius 3 is 2.67 bits per heavy atom. The van der Waals surface area contributed by atoms with Crippen molar-refractivity contribution in [2.45, 2.75) is 26.9 Å². The number of rotatable bonds is 5. The van der Waals surface area contributed by atoms with Gasteiger partial charge in [-0.3, -0.25) is 9.59 Å². The number of thiazole rings is 1. The zero-order valence-corrected chi connectivity index (χ0v) is 14.3. The quantitative estimate of drug-likeness (QED) is 0.810. The third-order valence-electron chi connectivity index (χ3n) is 2.93. The average molecular weight is 347 g/mol. The molecule has 7 nitrogen and oxygen atoms in total. The summed E-state index contributed by atoms with van der Waals surface area (Å²) in [5.41, 5.74) is 1.67. The van der Waals surface area contributed by atoms with E-state index in [1.165, 1.54) is 19.2 Å². The lowest BCUT2D eigenvalue weighted by Gasteiger charge is -2.13. The smallest absolute Gasteiger partial charge is 0.358 e. The van der Waals surface area contributed by atoms with E-state index in [1.807, 2.05) is 25.1 Å². The molecule has 126 valence electrons. The summed E-state index contributed by atoms with van der Waals surface area (Å²) >= 11 is 1.10. The number of ether oxygens (including phenoxy) is 1. The molecule has 0 aliphatic carbocycles. The predicted octanol–water partition coefficient (Wildman–Crippen LogP) is 2.59. The van der Waals surface area contributed by atoms with Crippen LogP contribution in [-0.2, 0) is 14.3 Å². The van der Waals surface area contributed by atoms with Crippen molar-refractivity contribution >= 4 is 39.9 Å². The van der Waals surface area contributed by atoms with E-state index in [4.69, 9.17) is 4.74 Å². The molecule has 0 saturated carbocycles. The average Bonchev–Trinajstić information content (AvgIpc) is 2.95. The van der Waals surface area contributed by atoms with Crippen LogP contribution in [0.15, 0.2) is 29.6 Å². The Bertz CT molecular complexity index is 772. The van der Waals surface area contributed by atoms with Gasteiger partial charge in [-0.25, -0.2) is 9.78 Å². The van der Waals surface area contributed by atoms with Gasteiger partial charge in [-0.1, -0.05) is 12.1 Å². The summed E-state index contributed by atoms with van der Waals surface area (Å²) in [6.45, 7) is 4.73. The fraction of sp³-hybridized carbons (Fsp3) is 0.250. The normalized spacial score (nSPS) is 11.5. The van der Waals surface area contributed by atoms with Crippen molar-refractivity contribution in [1.82, 2.24) is 4.98 Å². The Morgan fingerprint density at radius 1 is 1.25 bits per heavy atom. The molecule has 0 aliphatic heterocycles. The number of anilines is 2. The summed E-state index contributed by atoms with van der Waals surface area (Å²) < 4.78 is 5.10. The molecule has 0 aliphatic rings. The molecule has 1 unspecified atom stereocenters. The minimum atomic E-state index is -0.982. The fourth-order valence-corrected chi connectivity index (χ4v) is 2.54. The maximum Gasteiger partial charge on any atom is 0.358 e. The van der Waals surface area contributed by atoms with E-state index in [0.717, 1.165) is 16.9 Å². The number of benzene rings is 1. The lowest BCUT2D eigenvalue weighted by Crippen LogP contribution is -2.30. The molecule has 1 aromatic heterocycles. The molecular formula is C16H17N3O4S. The van der Waals surface area contributed by atoms with E-state index in [2.05, 4.69) is 15.6 Å². The second-order valence-corrected chi connectivity index (χ2v) is 5.98. The van der Waals surface area contributed by atoms with Crippen LogP contribution in [0.1, 0.15) is 29.9 Å². The van der Waals surface area contributed by atoms with Gasteiger partial charge in [0.15, 0.2) is 16.9 Å². The summed E-state index contributed by atoms with van der Waals surface area (Å²) in [7, 11) is 0. The van der Waals surface area contributed by atoms with Crippen LogP contribution in [0, 0.1) is 6.92 Å². The Hall–Kier alpha value is -2.74. The van der Waals surface area contributed by atoms with Gasteiger partial charge in [-0.05, 0) is 31.5 Å². The van der Waals surface area contributed by atoms with Crippen LogP contribution in [0.5, 0.6) is 0 Å². The lowest BCUT2D eigenvalue weighted by atomic mass is 10.2. The van der Waals surface area contributed by atoms with Crippen molar-refractivity contribution in [2.75, 3.05) is 10.6 Å². The first kappa shape index (κ1) is 17.6. The fourth-order valence-electron chi connectivity index (χ4n) is 1.82. The van der Waals surface area contributed by atoms with Crippen LogP contribution in [0.3, 0.4) is 0 Å². The zero-order valence-electron chi connectivity index (χ0n) is 13.5. The number of carbonyl (C=O) groups excluding carboxylic acids is 3. The van der Waals surface area contributed by atoms with Gasteiger partial charge in [0, 0.05) is 18.0 Å². The van der Waals surface area contributed by atoms with Crippen LogP contribution in [0.2, 0.25) is 0 Å². The van der Waals surface area contributed by atoms with Gasteiger partial charge in [-0.2, -0.15) is 0 Å². The molecule has 0 saturated heterocycles. The summed E-state index contributed by atoms with van der Waals surface area (Å²) in [6, 6.07) is 7.29. The first-order valence-corrected chi connectivity index (χ1v) is 8.04. The standard InChI is InChI=1S/C16H17N3O4S/c1-9-5-4-6-12(7-9)18-14(21)10(2)23-15(22)13-8-24-16(19-13)17-11(3)20/h4-8,10H,1-3H3,(H,18,21)(H,17,19,20). The molecule has 1 heterocycles. The number of hydrogen-bond donors (Lipinski definition) is 2. The van der Waals surface area contributed by atoms with Gasteiger partial charge in [0.25, 0.3) is 5.91 Å². The molecule has 2 N–H and O–H groups in total. The number of hydrogen-bond acceptors (Lipinski definition) is 6. The van der Waals surface area contributed by atoms with Crippen LogP contribution in [-0.4, -0.2) is 28.9 Å². The number of carbonyl (C=O) groups is 3. The van der Waals surface area contributed by atoms with E-state index in [0.29, 0.717) is 10.8 Å². The summed E-state index contributed by atoms with van der Waals surface area (Å²) in [6.07, 6.45) is -0.982. The van der Waals surface area contributed by atoms with Gasteiger partial charge >= 0.3 is 5.97 Å². The topological polar surface area (TPSA) is 97.4 Å². The Morgan fingerprint density at radius 2 is 2.00 bits per heavy atom. The third-order valence-corrected chi connectivity index (χ3v) is 3.69. The molecule has 0 radical (unpaired) electrons. The Balaban J connectivity index is 1.94. The van der Waals surface area contributed by atoms with Gasteiger partial charge in [0.2, 0.25) is 5.91 Å². The number of nitrogens with one attached hydrogen (secondary N) is 2. The molecule has 1 aromatic carbocycles. The molecule has 2 aromatic rings. The van der Waals surface area contributed by atoms with Gasteiger partial charge < -0.3 is 15.4 Å². The summed E-state index contributed by atoms with van der Waals surface area (Å²) in [5.74, 6) is -1.45. The molecule has 24 heavy (non-hydrogen) atoms. The number of esters is 1. The number of amides is 2. The Kier molecular flexibility index (Phi) is 5.64. The van der Waals surface area contributed by atoms with Crippen LogP contribution in [0.4, 0.5) is 10.8 Å². The second kappa shape index (κ2) is 7.69. The molecule has 2 rings (SSSR count). The first-order valence-electron chi connectivity index (χ1n) is 7.17. The maximum absolute atomic E-state index is 12.1. The van der Waals surface area contributed by atoms with Crippen molar-refractivity contribution in [1.29, 1.82) is 0 Å². The minimum absolute atomic E-state index is 0.0407. The van der Waals surface area contributed by atoms with Crippen LogP contribution < -0.4 is 10.6 Å². The minimum Gasteiger partial charge on any atom is -0.448 e. The van der Waals surface area contributed by atoms with E-state index in [9.17, 15) is 14.4 Å². The highest BCUT2D eigenvalue weighted by molar-refractivity contribution is 7.14. The highest BCUT2D eigenvalue weighted by Gasteiger charge is 2.21. The number of aryl methyl sites for hydroxylation is 1. The lowest BCUT2D eigenvalue weighted by molar-refractivity contribution is -0.123. The SMILES string of the molecule is CC(=O)Nc1nc(C(=O)OC(C)C(=O)Nc2cccc(C)c2)cs1. The number of aromatic nitrogens is 1. The summed E-state index contributed by atoms with van der Waals surface area (Å²) in [5, 5.41) is 6.91. The predicted molar refractivity (Wildman–Crippen MR) is 91.1 cm³/mol. The molecule has 8 heteroatoms. The monoisotopic (exact) mass is 347 g/mol. The molecule has 1 atom stereocenters. The van der Waals surface area contributed by atoms with Crippen LogP contribution in [0.25, 0.3) is 0 Å². The van der Waals surface area contributed by atoms with Crippen molar-refractivity contribution in [3.63, 3.8) is 0 Å². The van der Waals surface area contributed by atoms with E-state index in [1.54, 1.807) is 6.07 Å². The first-order chi connectivity index (χ1) is 11.3. The zero-order chi connectivity index (χ0) is 17.7. The van der Waals surface area contributed by atoms with E-state index in [-0.39, 0.29) is 11.6 Å². The van der Waals surface area contributed by atoms with Crippen molar-refractivity contribution in [3.05, 3.63) is 40.9 Å². The Labute approximate surface area is 143 Å². The van der Waals surface area contributed by atoms with Gasteiger partial charge in [0.05, 0.1) is 0 Å². The summed E-state index contributed by atoms with van der Waals surface area (Å²) in [4.78, 5) is 39.0. The van der Waals surface area contributed by atoms with Gasteiger partial charge in [0.1, 0.15) is 0 Å². The third kappa shape index (κ3) is 4.88. The number of nitrogens with zero attached hydrogens (tertiary/aromatic N) is 1. The maximum atomic E-state index is 12.1. The van der Waals surface area contributed by atoms with E-state index >= 15 is 0 Å². The van der Waals surface area contributed by atoms with Crippen molar-refractivity contribution in [3.8, 4) is 0 Å². The molecule has 0 spiro atoms. The van der Waals surface area contributed by atoms with Crippen molar-refractivity contribution < 1.29 is 19.1 Å². The molecule has 0 fully saturated rings. The van der Waals surface area contributed by atoms with Crippen LogP contribution >= 0.6 is 11.3 Å².